The zero-order valence-corrected chi connectivity index (χ0v) is 8.10. The Kier molecular flexibility index (Phi) is 2.28. The fourth-order valence-electron chi connectivity index (χ4n) is 1.20. The summed E-state index contributed by atoms with van der Waals surface area (Å²) in [6.07, 6.45) is 1.76. The van der Waals surface area contributed by atoms with Gasteiger partial charge in [0, 0.05) is 0 Å². The minimum absolute atomic E-state index is 0.182. The summed E-state index contributed by atoms with van der Waals surface area (Å²) in [6, 6.07) is 9.59. The van der Waals surface area contributed by atoms with Gasteiger partial charge in [0.05, 0.1) is 0 Å². The summed E-state index contributed by atoms with van der Waals surface area (Å²) in [5.74, 6) is -0.182. The van der Waals surface area contributed by atoms with E-state index in [1.54, 1.807) is 6.08 Å². The van der Waals surface area contributed by atoms with E-state index in [-0.39, 0.29) is 5.91 Å². The van der Waals surface area contributed by atoms with Gasteiger partial charge in [-0.3, -0.25) is 10.1 Å². The zero-order valence-electron chi connectivity index (χ0n) is 7.28. The lowest BCUT2D eigenvalue weighted by atomic mass is 10.2. The SMILES string of the molecule is O=C1NC(=S)N/C1=C\c1ccccc1. The first-order valence-corrected chi connectivity index (χ1v) is 4.55. The number of hydrogen-bond donors (Lipinski definition) is 2. The van der Waals surface area contributed by atoms with Crippen molar-refractivity contribution in [2.75, 3.05) is 0 Å². The molecule has 0 spiro atoms. The Hall–Kier alpha value is -1.68. The molecule has 1 saturated heterocycles. The average Bonchev–Trinajstić information content (AvgIpc) is 2.47. The number of benzene rings is 1. The van der Waals surface area contributed by atoms with Crippen LogP contribution in [0.25, 0.3) is 6.08 Å². The van der Waals surface area contributed by atoms with Crippen molar-refractivity contribution in [1.82, 2.24) is 10.6 Å². The highest BCUT2D eigenvalue weighted by Crippen LogP contribution is 2.07. The maximum atomic E-state index is 11.3. The van der Waals surface area contributed by atoms with Crippen molar-refractivity contribution in [3.05, 3.63) is 41.6 Å². The van der Waals surface area contributed by atoms with Crippen LogP contribution in [0.2, 0.25) is 0 Å². The van der Waals surface area contributed by atoms with Crippen LogP contribution in [0.3, 0.4) is 0 Å². The molecule has 4 heteroatoms. The van der Waals surface area contributed by atoms with Crippen LogP contribution in [-0.2, 0) is 4.79 Å². The highest BCUT2D eigenvalue weighted by Gasteiger charge is 2.19. The van der Waals surface area contributed by atoms with Gasteiger partial charge in [0.2, 0.25) is 0 Å². The lowest BCUT2D eigenvalue weighted by molar-refractivity contribution is -0.115. The lowest BCUT2D eigenvalue weighted by Crippen LogP contribution is -2.21. The molecule has 0 radical (unpaired) electrons. The quantitative estimate of drug-likeness (QED) is 0.530. The summed E-state index contributed by atoms with van der Waals surface area (Å²) in [7, 11) is 0. The number of carbonyl (C=O) groups excluding carboxylic acids is 1. The van der Waals surface area contributed by atoms with Gasteiger partial charge in [0.1, 0.15) is 5.70 Å². The largest absolute Gasteiger partial charge is 0.328 e. The topological polar surface area (TPSA) is 41.1 Å². The zero-order chi connectivity index (χ0) is 9.97. The number of amides is 1. The van der Waals surface area contributed by atoms with E-state index >= 15 is 0 Å². The second-order valence-corrected chi connectivity index (χ2v) is 3.29. The van der Waals surface area contributed by atoms with E-state index in [0.717, 1.165) is 5.56 Å². The van der Waals surface area contributed by atoms with E-state index in [9.17, 15) is 4.79 Å². The molecular formula is C10H8N2OS. The first kappa shape index (κ1) is 8.90. The molecule has 1 aromatic carbocycles. The Morgan fingerprint density at radius 3 is 2.43 bits per heavy atom. The molecule has 2 rings (SSSR count). The van der Waals surface area contributed by atoms with Crippen LogP contribution in [0, 0.1) is 0 Å². The van der Waals surface area contributed by atoms with Gasteiger partial charge in [-0.25, -0.2) is 0 Å². The molecule has 0 unspecified atom stereocenters. The summed E-state index contributed by atoms with van der Waals surface area (Å²) in [4.78, 5) is 11.3. The third kappa shape index (κ3) is 1.80. The molecule has 1 aromatic rings. The summed E-state index contributed by atoms with van der Waals surface area (Å²) >= 11 is 4.81. The molecule has 0 aliphatic carbocycles. The van der Waals surface area contributed by atoms with Gasteiger partial charge in [-0.1, -0.05) is 30.3 Å². The lowest BCUT2D eigenvalue weighted by Gasteiger charge is -1.94. The van der Waals surface area contributed by atoms with E-state index in [1.165, 1.54) is 0 Å². The van der Waals surface area contributed by atoms with E-state index in [4.69, 9.17) is 12.2 Å². The standard InChI is InChI=1S/C10H8N2OS/c13-9-8(11-10(14)12-9)6-7-4-2-1-3-5-7/h1-6H,(H2,11,12,13,14)/b8-6-. The van der Waals surface area contributed by atoms with Crippen LogP contribution in [0.15, 0.2) is 36.0 Å². The Morgan fingerprint density at radius 2 is 1.86 bits per heavy atom. The van der Waals surface area contributed by atoms with Gasteiger partial charge in [-0.05, 0) is 23.9 Å². The van der Waals surface area contributed by atoms with Crippen LogP contribution in [-0.4, -0.2) is 11.0 Å². The summed E-state index contributed by atoms with van der Waals surface area (Å²) < 4.78 is 0. The van der Waals surface area contributed by atoms with E-state index < -0.39 is 0 Å². The number of carbonyl (C=O) groups is 1. The van der Waals surface area contributed by atoms with Crippen molar-refractivity contribution in [3.63, 3.8) is 0 Å². The summed E-state index contributed by atoms with van der Waals surface area (Å²) in [5.41, 5.74) is 1.45. The second-order valence-electron chi connectivity index (χ2n) is 2.88. The average molecular weight is 204 g/mol. The molecule has 1 fully saturated rings. The maximum absolute atomic E-state index is 11.3. The van der Waals surface area contributed by atoms with Crippen LogP contribution < -0.4 is 10.6 Å². The fraction of sp³-hybridized carbons (Fsp3) is 0. The number of rotatable bonds is 1. The highest BCUT2D eigenvalue weighted by molar-refractivity contribution is 7.80. The van der Waals surface area contributed by atoms with Crippen molar-refractivity contribution < 1.29 is 4.79 Å². The highest BCUT2D eigenvalue weighted by atomic mass is 32.1. The van der Waals surface area contributed by atoms with Crippen molar-refractivity contribution in [2.45, 2.75) is 0 Å². The van der Waals surface area contributed by atoms with Gasteiger partial charge in [-0.15, -0.1) is 0 Å². The van der Waals surface area contributed by atoms with Gasteiger partial charge in [0.25, 0.3) is 5.91 Å². The molecule has 14 heavy (non-hydrogen) atoms. The Morgan fingerprint density at radius 1 is 1.14 bits per heavy atom. The van der Waals surface area contributed by atoms with Crippen LogP contribution in [0.5, 0.6) is 0 Å². The minimum Gasteiger partial charge on any atom is -0.328 e. The predicted molar refractivity (Wildman–Crippen MR) is 58.3 cm³/mol. The van der Waals surface area contributed by atoms with Crippen molar-refractivity contribution in [3.8, 4) is 0 Å². The summed E-state index contributed by atoms with van der Waals surface area (Å²) in [5, 5.41) is 5.64. The molecule has 1 amide bonds. The molecule has 1 aliphatic rings. The van der Waals surface area contributed by atoms with E-state index in [2.05, 4.69) is 10.6 Å². The van der Waals surface area contributed by atoms with Crippen molar-refractivity contribution >= 4 is 29.3 Å². The van der Waals surface area contributed by atoms with Gasteiger partial charge >= 0.3 is 0 Å². The van der Waals surface area contributed by atoms with Gasteiger partial charge < -0.3 is 5.32 Å². The van der Waals surface area contributed by atoms with Gasteiger partial charge in [-0.2, -0.15) is 0 Å². The molecular weight excluding hydrogens is 196 g/mol. The molecule has 3 nitrogen and oxygen atoms in total. The minimum atomic E-state index is -0.182. The maximum Gasteiger partial charge on any atom is 0.273 e. The Balaban J connectivity index is 2.28. The smallest absolute Gasteiger partial charge is 0.273 e. The third-order valence-corrected chi connectivity index (χ3v) is 2.03. The number of hydrogen-bond acceptors (Lipinski definition) is 2. The molecule has 0 aromatic heterocycles. The molecule has 0 saturated carbocycles. The molecule has 1 heterocycles. The van der Waals surface area contributed by atoms with Gasteiger partial charge in [0.15, 0.2) is 5.11 Å². The Bertz CT molecular complexity index is 411. The normalized spacial score (nSPS) is 18.1. The molecule has 0 atom stereocenters. The van der Waals surface area contributed by atoms with Crippen LogP contribution in [0.1, 0.15) is 5.56 Å². The number of nitrogens with one attached hydrogen (secondary N) is 2. The molecule has 1 aliphatic heterocycles. The van der Waals surface area contributed by atoms with Crippen LogP contribution >= 0.6 is 12.2 Å². The second kappa shape index (κ2) is 3.59. The Labute approximate surface area is 86.8 Å². The first-order valence-electron chi connectivity index (χ1n) is 4.15. The fourth-order valence-corrected chi connectivity index (χ4v) is 1.40. The van der Waals surface area contributed by atoms with E-state index in [1.807, 2.05) is 30.3 Å². The summed E-state index contributed by atoms with van der Waals surface area (Å²) in [6.45, 7) is 0. The molecule has 70 valence electrons. The third-order valence-electron chi connectivity index (χ3n) is 1.83. The monoisotopic (exact) mass is 204 g/mol. The van der Waals surface area contributed by atoms with Crippen molar-refractivity contribution in [2.24, 2.45) is 0 Å². The van der Waals surface area contributed by atoms with Crippen LogP contribution in [0.4, 0.5) is 0 Å². The number of thiocarbonyl (C=S) groups is 1. The first-order chi connectivity index (χ1) is 6.75. The molecule has 2 N–H and O–H groups in total. The van der Waals surface area contributed by atoms with Crippen molar-refractivity contribution in [1.29, 1.82) is 0 Å². The predicted octanol–water partition coefficient (Wildman–Crippen LogP) is 1.03. The van der Waals surface area contributed by atoms with E-state index in [0.29, 0.717) is 10.8 Å². The molecule has 0 bridgehead atoms.